The van der Waals surface area contributed by atoms with Crippen LogP contribution in [-0.4, -0.2) is 38.8 Å². The molecule has 2 aromatic carbocycles. The summed E-state index contributed by atoms with van der Waals surface area (Å²) in [6.07, 6.45) is 1.11. The maximum Gasteiger partial charge on any atom is 0.243 e. The van der Waals surface area contributed by atoms with Gasteiger partial charge in [0.2, 0.25) is 15.9 Å². The summed E-state index contributed by atoms with van der Waals surface area (Å²) in [7, 11) is -2.21. The molecule has 0 radical (unpaired) electrons. The lowest BCUT2D eigenvalue weighted by molar-refractivity contribution is -0.120. The van der Waals surface area contributed by atoms with Crippen molar-refractivity contribution in [2.75, 3.05) is 25.5 Å². The number of nitrogens with zero attached hydrogens (tertiary/aromatic N) is 1. The second-order valence-electron chi connectivity index (χ2n) is 6.80. The van der Waals surface area contributed by atoms with Gasteiger partial charge in [0.1, 0.15) is 11.6 Å². The van der Waals surface area contributed by atoms with Gasteiger partial charge >= 0.3 is 0 Å². The van der Waals surface area contributed by atoms with Gasteiger partial charge in [0.15, 0.2) is 0 Å². The van der Waals surface area contributed by atoms with Crippen molar-refractivity contribution in [1.29, 1.82) is 0 Å². The summed E-state index contributed by atoms with van der Waals surface area (Å²) in [5, 5.41) is 2.56. The van der Waals surface area contributed by atoms with E-state index in [-0.39, 0.29) is 23.0 Å². The van der Waals surface area contributed by atoms with Crippen molar-refractivity contribution in [1.82, 2.24) is 4.31 Å². The Morgan fingerprint density at radius 1 is 1.25 bits per heavy atom. The fourth-order valence-corrected chi connectivity index (χ4v) is 4.94. The molecule has 3 rings (SSSR count). The second-order valence-corrected chi connectivity index (χ2v) is 8.74. The van der Waals surface area contributed by atoms with Crippen LogP contribution in [0, 0.1) is 18.7 Å². The molecule has 0 aliphatic carbocycles. The molecule has 1 amide bonds. The molecule has 0 bridgehead atoms. The van der Waals surface area contributed by atoms with Crippen LogP contribution < -0.4 is 10.1 Å². The van der Waals surface area contributed by atoms with Crippen molar-refractivity contribution in [2.24, 2.45) is 5.92 Å². The number of rotatable bonds is 5. The predicted molar refractivity (Wildman–Crippen MR) is 104 cm³/mol. The number of piperidine rings is 1. The molecule has 0 aromatic heterocycles. The zero-order valence-electron chi connectivity index (χ0n) is 15.8. The molecule has 150 valence electrons. The standard InChI is InChI=1S/C20H23FN2O4S/c1-14-12-16(9-10-19(14)27-2)28(25,26)23-11-5-6-15(13-23)20(24)22-18-8-4-3-7-17(18)21/h3-4,7-10,12,15H,5-6,11,13H2,1-2H3,(H,22,24)/t15-/m1/s1. The first-order chi connectivity index (χ1) is 13.3. The molecule has 1 atom stereocenters. The molecule has 1 fully saturated rings. The maximum absolute atomic E-state index is 13.8. The average Bonchev–Trinajstić information content (AvgIpc) is 2.69. The summed E-state index contributed by atoms with van der Waals surface area (Å²) in [6, 6.07) is 10.6. The molecule has 8 heteroatoms. The van der Waals surface area contributed by atoms with Gasteiger partial charge < -0.3 is 10.1 Å². The molecule has 1 aliphatic heterocycles. The van der Waals surface area contributed by atoms with Crippen LogP contribution in [0.5, 0.6) is 5.75 Å². The van der Waals surface area contributed by atoms with Crippen LogP contribution in [0.4, 0.5) is 10.1 Å². The van der Waals surface area contributed by atoms with Crippen LogP contribution in [0.3, 0.4) is 0 Å². The summed E-state index contributed by atoms with van der Waals surface area (Å²) in [5.74, 6) is -0.831. The number of hydrogen-bond acceptors (Lipinski definition) is 4. The Labute approximate surface area is 164 Å². The molecule has 1 heterocycles. The zero-order chi connectivity index (χ0) is 20.3. The summed E-state index contributed by atoms with van der Waals surface area (Å²) >= 11 is 0. The number of aryl methyl sites for hydroxylation is 1. The quantitative estimate of drug-likeness (QED) is 0.828. The molecule has 1 aliphatic rings. The number of nitrogens with one attached hydrogen (secondary N) is 1. The number of hydrogen-bond donors (Lipinski definition) is 1. The molecule has 2 aromatic rings. The number of benzene rings is 2. The number of methoxy groups -OCH3 is 1. The van der Waals surface area contributed by atoms with E-state index in [1.54, 1.807) is 25.1 Å². The Balaban J connectivity index is 1.76. The van der Waals surface area contributed by atoms with Crippen LogP contribution >= 0.6 is 0 Å². The van der Waals surface area contributed by atoms with Crippen molar-refractivity contribution in [3.8, 4) is 5.75 Å². The highest BCUT2D eigenvalue weighted by Crippen LogP contribution is 2.28. The Hall–Kier alpha value is -2.45. The van der Waals surface area contributed by atoms with Gasteiger partial charge in [0.25, 0.3) is 0 Å². The molecule has 0 unspecified atom stereocenters. The highest BCUT2D eigenvalue weighted by atomic mass is 32.2. The van der Waals surface area contributed by atoms with Crippen molar-refractivity contribution >= 4 is 21.6 Å². The number of anilines is 1. The normalized spacial score (nSPS) is 17.9. The summed E-state index contributed by atoms with van der Waals surface area (Å²) in [4.78, 5) is 12.7. The van der Waals surface area contributed by atoms with Crippen LogP contribution in [0.1, 0.15) is 18.4 Å². The minimum atomic E-state index is -3.73. The van der Waals surface area contributed by atoms with Gasteiger partial charge in [-0.1, -0.05) is 12.1 Å². The lowest BCUT2D eigenvalue weighted by Crippen LogP contribution is -2.43. The second kappa shape index (κ2) is 8.28. The minimum Gasteiger partial charge on any atom is -0.496 e. The third-order valence-electron chi connectivity index (χ3n) is 4.89. The lowest BCUT2D eigenvalue weighted by atomic mass is 9.98. The number of ether oxygens (including phenoxy) is 1. The van der Waals surface area contributed by atoms with Gasteiger partial charge in [-0.25, -0.2) is 12.8 Å². The van der Waals surface area contributed by atoms with E-state index in [4.69, 9.17) is 4.74 Å². The fourth-order valence-electron chi connectivity index (χ4n) is 3.33. The first-order valence-corrected chi connectivity index (χ1v) is 10.5. The Bertz CT molecular complexity index is 978. The highest BCUT2D eigenvalue weighted by Gasteiger charge is 2.33. The summed E-state index contributed by atoms with van der Waals surface area (Å²) < 4.78 is 46.3. The van der Waals surface area contributed by atoms with Crippen LogP contribution in [0.15, 0.2) is 47.4 Å². The van der Waals surface area contributed by atoms with E-state index < -0.39 is 21.8 Å². The van der Waals surface area contributed by atoms with Crippen LogP contribution in [0.25, 0.3) is 0 Å². The predicted octanol–water partition coefficient (Wildman–Crippen LogP) is 3.18. The SMILES string of the molecule is COc1ccc(S(=O)(=O)N2CCC[C@@H](C(=O)Nc3ccccc3F)C2)cc1C. The number of halogens is 1. The van der Waals surface area contributed by atoms with Gasteiger partial charge in [0.05, 0.1) is 23.6 Å². The number of sulfonamides is 1. The van der Waals surface area contributed by atoms with Crippen LogP contribution in [-0.2, 0) is 14.8 Å². The molecule has 0 saturated carbocycles. The van der Waals surface area contributed by atoms with Crippen molar-refractivity contribution < 1.29 is 22.3 Å². The first-order valence-electron chi connectivity index (χ1n) is 9.03. The van der Waals surface area contributed by atoms with Crippen molar-refractivity contribution in [2.45, 2.75) is 24.7 Å². The highest BCUT2D eigenvalue weighted by molar-refractivity contribution is 7.89. The fraction of sp³-hybridized carbons (Fsp3) is 0.350. The van der Waals surface area contributed by atoms with Gasteiger partial charge in [-0.2, -0.15) is 4.31 Å². The Morgan fingerprint density at radius 2 is 2.00 bits per heavy atom. The van der Waals surface area contributed by atoms with Gasteiger partial charge in [-0.15, -0.1) is 0 Å². The Kier molecular flexibility index (Phi) is 6.00. The number of para-hydroxylation sites is 1. The van der Waals surface area contributed by atoms with Gasteiger partial charge in [-0.3, -0.25) is 4.79 Å². The maximum atomic E-state index is 13.8. The van der Waals surface area contributed by atoms with E-state index in [0.29, 0.717) is 25.1 Å². The van der Waals surface area contributed by atoms with E-state index in [1.165, 1.54) is 35.7 Å². The smallest absolute Gasteiger partial charge is 0.243 e. The van der Waals surface area contributed by atoms with E-state index in [9.17, 15) is 17.6 Å². The van der Waals surface area contributed by atoms with E-state index in [1.807, 2.05) is 0 Å². The monoisotopic (exact) mass is 406 g/mol. The minimum absolute atomic E-state index is 0.0632. The molecular weight excluding hydrogens is 383 g/mol. The molecule has 28 heavy (non-hydrogen) atoms. The van der Waals surface area contributed by atoms with Crippen molar-refractivity contribution in [3.63, 3.8) is 0 Å². The number of amides is 1. The average molecular weight is 406 g/mol. The van der Waals surface area contributed by atoms with E-state index in [0.717, 1.165) is 5.56 Å². The number of carbonyl (C=O) groups is 1. The Morgan fingerprint density at radius 3 is 2.68 bits per heavy atom. The molecule has 6 nitrogen and oxygen atoms in total. The lowest BCUT2D eigenvalue weighted by Gasteiger charge is -2.31. The topological polar surface area (TPSA) is 75.7 Å². The molecular formula is C20H23FN2O4S. The van der Waals surface area contributed by atoms with Gasteiger partial charge in [-0.05, 0) is 55.7 Å². The molecule has 1 saturated heterocycles. The first kappa shape index (κ1) is 20.3. The molecule has 1 N–H and O–H groups in total. The zero-order valence-corrected chi connectivity index (χ0v) is 16.6. The summed E-state index contributed by atoms with van der Waals surface area (Å²) in [6.45, 7) is 2.18. The largest absolute Gasteiger partial charge is 0.496 e. The molecule has 0 spiro atoms. The third kappa shape index (κ3) is 4.18. The van der Waals surface area contributed by atoms with Gasteiger partial charge in [0, 0.05) is 13.1 Å². The number of carbonyl (C=O) groups excluding carboxylic acids is 1. The van der Waals surface area contributed by atoms with E-state index >= 15 is 0 Å². The van der Waals surface area contributed by atoms with Crippen LogP contribution in [0.2, 0.25) is 0 Å². The third-order valence-corrected chi connectivity index (χ3v) is 6.75. The summed E-state index contributed by atoms with van der Waals surface area (Å²) in [5.41, 5.74) is 0.813. The van der Waals surface area contributed by atoms with Crippen molar-refractivity contribution in [3.05, 3.63) is 53.8 Å². The van der Waals surface area contributed by atoms with E-state index in [2.05, 4.69) is 5.32 Å².